The van der Waals surface area contributed by atoms with Gasteiger partial charge in [0.25, 0.3) is 0 Å². The number of benzene rings is 1. The molecule has 0 spiro atoms. The molecule has 15 heavy (non-hydrogen) atoms. The lowest BCUT2D eigenvalue weighted by Gasteiger charge is -2.06. The van der Waals surface area contributed by atoms with Gasteiger partial charge in [0, 0.05) is 5.56 Å². The monoisotopic (exact) mass is 202 g/mol. The van der Waals surface area contributed by atoms with E-state index >= 15 is 0 Å². The van der Waals surface area contributed by atoms with E-state index in [0.29, 0.717) is 5.56 Å². The molecule has 1 rings (SSSR count). The molecule has 0 aliphatic carbocycles. The summed E-state index contributed by atoms with van der Waals surface area (Å²) in [5.74, 6) is 4.69. The number of carbonyl (C=O) groups is 1. The molecule has 0 unspecified atom stereocenters. The molecule has 78 valence electrons. The van der Waals surface area contributed by atoms with E-state index in [0.717, 1.165) is 5.56 Å². The van der Waals surface area contributed by atoms with Gasteiger partial charge in [0.15, 0.2) is 0 Å². The fraction of sp³-hybridized carbons (Fsp3) is 0.308. The third-order valence-corrected chi connectivity index (χ3v) is 1.87. The van der Waals surface area contributed by atoms with Gasteiger partial charge in [-0.2, -0.15) is 0 Å². The number of carbonyl (C=O) groups excluding carboxylic acids is 1. The molecule has 0 saturated heterocycles. The first kappa shape index (κ1) is 11.5. The summed E-state index contributed by atoms with van der Waals surface area (Å²) in [6.07, 6.45) is 0. The molecule has 0 aromatic heterocycles. The number of hydrogen-bond donors (Lipinski definition) is 1. The highest BCUT2D eigenvalue weighted by molar-refractivity contribution is 6.09. The predicted molar refractivity (Wildman–Crippen MR) is 59.6 cm³/mol. The highest BCUT2D eigenvalue weighted by atomic mass is 16.3. The topological polar surface area (TPSA) is 37.3 Å². The fourth-order valence-electron chi connectivity index (χ4n) is 1.10. The molecule has 0 fully saturated rings. The van der Waals surface area contributed by atoms with Crippen LogP contribution in [0, 0.1) is 18.8 Å². The van der Waals surface area contributed by atoms with E-state index in [9.17, 15) is 9.90 Å². The van der Waals surface area contributed by atoms with Gasteiger partial charge in [-0.25, -0.2) is 0 Å². The van der Waals surface area contributed by atoms with Gasteiger partial charge in [0.1, 0.15) is 5.60 Å². The minimum absolute atomic E-state index is 0.254. The Balaban J connectivity index is 2.96. The third-order valence-electron chi connectivity index (χ3n) is 1.87. The number of Topliss-reactive ketones (excluding diaryl/α,β-unsaturated/α-hetero) is 1. The van der Waals surface area contributed by atoms with Crippen LogP contribution < -0.4 is 0 Å². The van der Waals surface area contributed by atoms with E-state index in [4.69, 9.17) is 0 Å². The summed E-state index contributed by atoms with van der Waals surface area (Å²) in [6, 6.07) is 7.26. The largest absolute Gasteiger partial charge is 0.378 e. The van der Waals surface area contributed by atoms with Crippen molar-refractivity contribution in [3.05, 3.63) is 35.4 Å². The second kappa shape index (κ2) is 4.29. The second-order valence-electron chi connectivity index (χ2n) is 3.95. The molecule has 0 amide bonds. The molecule has 0 aliphatic rings. The molecule has 2 nitrogen and oxygen atoms in total. The van der Waals surface area contributed by atoms with Crippen molar-refractivity contribution in [2.45, 2.75) is 26.4 Å². The summed E-state index contributed by atoms with van der Waals surface area (Å²) in [4.78, 5) is 11.6. The van der Waals surface area contributed by atoms with Crippen molar-refractivity contribution in [1.82, 2.24) is 0 Å². The lowest BCUT2D eigenvalue weighted by atomic mass is 10.0. The normalized spacial score (nSPS) is 10.4. The minimum atomic E-state index is -1.13. The quantitative estimate of drug-likeness (QED) is 0.429. The first-order valence-electron chi connectivity index (χ1n) is 4.76. The standard InChI is InChI=1S/C13H14O2/c1-10-6-4-5-7-11(10)12(14)8-9-13(2,3)15/h4-7,15H,1-3H3. The van der Waals surface area contributed by atoms with Crippen LogP contribution in [0.4, 0.5) is 0 Å². The molecule has 0 bridgehead atoms. The zero-order valence-corrected chi connectivity index (χ0v) is 9.16. The average molecular weight is 202 g/mol. The van der Waals surface area contributed by atoms with Crippen LogP contribution in [-0.2, 0) is 0 Å². The third kappa shape index (κ3) is 3.57. The summed E-state index contributed by atoms with van der Waals surface area (Å²) in [5.41, 5.74) is 0.361. The van der Waals surface area contributed by atoms with Crippen LogP contribution in [0.25, 0.3) is 0 Å². The van der Waals surface area contributed by atoms with Crippen LogP contribution in [0.15, 0.2) is 24.3 Å². The molecule has 1 aromatic carbocycles. The van der Waals surface area contributed by atoms with E-state index in [1.54, 1.807) is 26.0 Å². The Hall–Kier alpha value is -1.59. The van der Waals surface area contributed by atoms with Gasteiger partial charge < -0.3 is 5.11 Å². The van der Waals surface area contributed by atoms with Gasteiger partial charge in [-0.3, -0.25) is 4.79 Å². The minimum Gasteiger partial charge on any atom is -0.378 e. The van der Waals surface area contributed by atoms with Crippen LogP contribution in [0.1, 0.15) is 29.8 Å². The first-order valence-corrected chi connectivity index (χ1v) is 4.76. The van der Waals surface area contributed by atoms with E-state index in [1.807, 2.05) is 19.1 Å². The van der Waals surface area contributed by atoms with E-state index in [1.165, 1.54) is 0 Å². The first-order chi connectivity index (χ1) is 6.90. The zero-order chi connectivity index (χ0) is 11.5. The number of rotatable bonds is 1. The van der Waals surface area contributed by atoms with Crippen LogP contribution in [-0.4, -0.2) is 16.5 Å². The van der Waals surface area contributed by atoms with Crippen LogP contribution in [0.2, 0.25) is 0 Å². The maximum Gasteiger partial charge on any atom is 0.236 e. The van der Waals surface area contributed by atoms with E-state index in [2.05, 4.69) is 11.8 Å². The molecule has 0 aliphatic heterocycles. The maximum atomic E-state index is 11.6. The summed E-state index contributed by atoms with van der Waals surface area (Å²) in [5, 5.41) is 9.36. The fourth-order valence-corrected chi connectivity index (χ4v) is 1.10. The lowest BCUT2D eigenvalue weighted by molar-refractivity contribution is 0.105. The molecule has 0 heterocycles. The van der Waals surface area contributed by atoms with E-state index < -0.39 is 5.60 Å². The number of ketones is 1. The molecule has 0 radical (unpaired) electrons. The number of aliphatic hydroxyl groups is 1. The Morgan fingerprint density at radius 1 is 1.33 bits per heavy atom. The Bertz CT molecular complexity index is 428. The Morgan fingerprint density at radius 2 is 1.93 bits per heavy atom. The maximum absolute atomic E-state index is 11.6. The Labute approximate surface area is 89.9 Å². The van der Waals surface area contributed by atoms with Gasteiger partial charge in [-0.05, 0) is 32.3 Å². The van der Waals surface area contributed by atoms with Gasteiger partial charge in [0.05, 0.1) is 0 Å². The molecule has 0 saturated carbocycles. The van der Waals surface area contributed by atoms with Crippen molar-refractivity contribution in [1.29, 1.82) is 0 Å². The molecule has 1 N–H and O–H groups in total. The zero-order valence-electron chi connectivity index (χ0n) is 9.16. The van der Waals surface area contributed by atoms with E-state index in [-0.39, 0.29) is 5.78 Å². The summed E-state index contributed by atoms with van der Waals surface area (Å²) in [6.45, 7) is 4.95. The van der Waals surface area contributed by atoms with Crippen molar-refractivity contribution in [3.8, 4) is 11.8 Å². The van der Waals surface area contributed by atoms with Crippen molar-refractivity contribution < 1.29 is 9.90 Å². The average Bonchev–Trinajstić information content (AvgIpc) is 2.14. The second-order valence-corrected chi connectivity index (χ2v) is 3.95. The Kier molecular flexibility index (Phi) is 3.28. The Morgan fingerprint density at radius 3 is 2.47 bits per heavy atom. The smallest absolute Gasteiger partial charge is 0.236 e. The van der Waals surface area contributed by atoms with Crippen LogP contribution in [0.3, 0.4) is 0 Å². The van der Waals surface area contributed by atoms with Crippen LogP contribution >= 0.6 is 0 Å². The van der Waals surface area contributed by atoms with Crippen molar-refractivity contribution in [2.75, 3.05) is 0 Å². The number of hydrogen-bond acceptors (Lipinski definition) is 2. The highest BCUT2D eigenvalue weighted by Crippen LogP contribution is 2.07. The molecule has 2 heteroatoms. The highest BCUT2D eigenvalue weighted by Gasteiger charge is 2.09. The van der Waals surface area contributed by atoms with Crippen molar-refractivity contribution in [3.63, 3.8) is 0 Å². The van der Waals surface area contributed by atoms with Crippen molar-refractivity contribution in [2.24, 2.45) is 0 Å². The van der Waals surface area contributed by atoms with Gasteiger partial charge >= 0.3 is 0 Å². The molecular weight excluding hydrogens is 188 g/mol. The SMILES string of the molecule is Cc1ccccc1C(=O)C#CC(C)(C)O. The van der Waals surface area contributed by atoms with Gasteiger partial charge in [0.2, 0.25) is 5.78 Å². The van der Waals surface area contributed by atoms with Crippen LogP contribution in [0.5, 0.6) is 0 Å². The van der Waals surface area contributed by atoms with Crippen molar-refractivity contribution >= 4 is 5.78 Å². The lowest BCUT2D eigenvalue weighted by Crippen LogP contribution is -2.15. The molecular formula is C13H14O2. The van der Waals surface area contributed by atoms with Gasteiger partial charge in [-0.1, -0.05) is 30.2 Å². The number of aryl methyl sites for hydroxylation is 1. The summed E-state index contributed by atoms with van der Waals surface area (Å²) in [7, 11) is 0. The molecule has 1 aromatic rings. The summed E-state index contributed by atoms with van der Waals surface area (Å²) < 4.78 is 0. The molecule has 0 atom stereocenters. The predicted octanol–water partition coefficient (Wildman–Crippen LogP) is 1.95. The summed E-state index contributed by atoms with van der Waals surface area (Å²) >= 11 is 0. The van der Waals surface area contributed by atoms with Gasteiger partial charge in [-0.15, -0.1) is 0 Å².